The molecule has 2 aromatic heterocycles. The maximum absolute atomic E-state index is 12.3. The zero-order valence-electron chi connectivity index (χ0n) is 14.3. The zero-order chi connectivity index (χ0) is 17.6. The van der Waals surface area contributed by atoms with Gasteiger partial charge in [-0.3, -0.25) is 14.6 Å². The quantitative estimate of drug-likeness (QED) is 0.590. The molecule has 7 heteroatoms. The van der Waals surface area contributed by atoms with Crippen molar-refractivity contribution in [3.05, 3.63) is 47.4 Å². The van der Waals surface area contributed by atoms with E-state index < -0.39 is 11.9 Å². The predicted octanol–water partition coefficient (Wildman–Crippen LogP) is 2.48. The van der Waals surface area contributed by atoms with Gasteiger partial charge in [-0.15, -0.1) is 0 Å². The van der Waals surface area contributed by atoms with E-state index in [9.17, 15) is 9.59 Å². The first-order valence-corrected chi connectivity index (χ1v) is 8.61. The van der Waals surface area contributed by atoms with Gasteiger partial charge in [-0.1, -0.05) is 17.7 Å². The number of nitrogens with zero attached hydrogens (tertiary/aromatic N) is 2. The molecule has 0 unspecified atom stereocenters. The summed E-state index contributed by atoms with van der Waals surface area (Å²) in [5.74, 6) is -0.402. The molecule has 3 rings (SSSR count). The highest BCUT2D eigenvalue weighted by molar-refractivity contribution is 5.95. The Morgan fingerprint density at radius 1 is 1.24 bits per heavy atom. The number of allylic oxidation sites excluding steroid dienone is 1. The Morgan fingerprint density at radius 3 is 2.92 bits per heavy atom. The van der Waals surface area contributed by atoms with Crippen LogP contribution in [0.4, 0.5) is 4.79 Å². The number of aryl methyl sites for hydroxylation is 1. The maximum Gasteiger partial charge on any atom is 0.333 e. The van der Waals surface area contributed by atoms with Gasteiger partial charge >= 0.3 is 6.03 Å². The topological polar surface area (TPSA) is 87.5 Å². The lowest BCUT2D eigenvalue weighted by molar-refractivity contribution is 0.0929. The van der Waals surface area contributed by atoms with Crippen LogP contribution in [-0.2, 0) is 0 Å². The van der Waals surface area contributed by atoms with Crippen LogP contribution in [0.15, 0.2) is 36.0 Å². The second-order valence-corrected chi connectivity index (χ2v) is 6.17. The molecule has 2 heterocycles. The van der Waals surface area contributed by atoms with Gasteiger partial charge in [0.25, 0.3) is 5.91 Å². The molecule has 0 aromatic carbocycles. The van der Waals surface area contributed by atoms with Gasteiger partial charge in [0.2, 0.25) is 0 Å². The third-order valence-electron chi connectivity index (χ3n) is 4.33. The van der Waals surface area contributed by atoms with Gasteiger partial charge < -0.3 is 5.32 Å². The first-order chi connectivity index (χ1) is 12.1. The summed E-state index contributed by atoms with van der Waals surface area (Å²) in [4.78, 5) is 28.5. The van der Waals surface area contributed by atoms with Gasteiger partial charge in [0.1, 0.15) is 11.3 Å². The zero-order valence-corrected chi connectivity index (χ0v) is 14.3. The van der Waals surface area contributed by atoms with Crippen molar-refractivity contribution in [3.63, 3.8) is 0 Å². The number of imidazole rings is 1. The molecular formula is C18H23N5O2. The number of carbonyl (C=O) groups excluding carboxylic acids is 2. The van der Waals surface area contributed by atoms with Crippen LogP contribution in [-0.4, -0.2) is 27.9 Å². The van der Waals surface area contributed by atoms with Crippen LogP contribution in [0, 0.1) is 6.92 Å². The highest BCUT2D eigenvalue weighted by atomic mass is 16.2. The largest absolute Gasteiger partial charge is 0.336 e. The fraction of sp³-hybridized carbons (Fsp3) is 0.389. The van der Waals surface area contributed by atoms with E-state index in [1.807, 2.05) is 18.2 Å². The molecule has 3 amide bonds. The Bertz CT molecular complexity index is 809. The summed E-state index contributed by atoms with van der Waals surface area (Å²) in [6.07, 6.45) is 9.62. The van der Waals surface area contributed by atoms with E-state index in [0.29, 0.717) is 23.6 Å². The third kappa shape index (κ3) is 4.17. The maximum atomic E-state index is 12.3. The molecule has 0 aliphatic heterocycles. The third-order valence-corrected chi connectivity index (χ3v) is 4.33. The molecule has 1 aliphatic carbocycles. The Morgan fingerprint density at radius 2 is 2.12 bits per heavy atom. The van der Waals surface area contributed by atoms with E-state index in [4.69, 9.17) is 0 Å². The standard InChI is InChI=1S/C18H23N5O2/c1-13-16(23-12-6-5-9-15(23)20-13)17(24)21-22-18(25)19-11-10-14-7-3-2-4-8-14/h5-7,9,12H,2-4,8,10-11H2,1H3,(H,21,24)(H2,19,22,25). The molecule has 0 atom stereocenters. The van der Waals surface area contributed by atoms with E-state index >= 15 is 0 Å². The number of hydrazine groups is 1. The van der Waals surface area contributed by atoms with Crippen molar-refractivity contribution in [3.8, 4) is 0 Å². The fourth-order valence-electron chi connectivity index (χ4n) is 3.07. The first kappa shape index (κ1) is 17.0. The van der Waals surface area contributed by atoms with Crippen molar-refractivity contribution in [1.82, 2.24) is 25.6 Å². The van der Waals surface area contributed by atoms with Gasteiger partial charge in [0.15, 0.2) is 0 Å². The van der Waals surface area contributed by atoms with Crippen LogP contribution in [0.5, 0.6) is 0 Å². The number of aromatic nitrogens is 2. The number of hydrogen-bond acceptors (Lipinski definition) is 3. The lowest BCUT2D eigenvalue weighted by Gasteiger charge is -2.13. The van der Waals surface area contributed by atoms with Crippen LogP contribution in [0.3, 0.4) is 0 Å². The normalized spacial score (nSPS) is 14.0. The summed E-state index contributed by atoms with van der Waals surface area (Å²) in [5.41, 5.74) is 7.92. The molecule has 3 N–H and O–H groups in total. The van der Waals surface area contributed by atoms with Crippen molar-refractivity contribution in [2.75, 3.05) is 6.54 Å². The SMILES string of the molecule is Cc1nc2ccccn2c1C(=O)NNC(=O)NCCC1=CCCCC1. The minimum absolute atomic E-state index is 0.402. The minimum Gasteiger partial charge on any atom is -0.336 e. The highest BCUT2D eigenvalue weighted by Crippen LogP contribution is 2.19. The van der Waals surface area contributed by atoms with E-state index in [-0.39, 0.29) is 0 Å². The molecule has 0 spiro atoms. The Balaban J connectivity index is 1.49. The Labute approximate surface area is 146 Å². The van der Waals surface area contributed by atoms with E-state index in [1.54, 1.807) is 17.5 Å². The van der Waals surface area contributed by atoms with Crippen molar-refractivity contribution < 1.29 is 9.59 Å². The smallest absolute Gasteiger partial charge is 0.333 e. The monoisotopic (exact) mass is 341 g/mol. The van der Waals surface area contributed by atoms with E-state index in [0.717, 1.165) is 19.3 Å². The second-order valence-electron chi connectivity index (χ2n) is 6.17. The van der Waals surface area contributed by atoms with E-state index in [1.165, 1.54) is 18.4 Å². The van der Waals surface area contributed by atoms with E-state index in [2.05, 4.69) is 27.2 Å². The summed E-state index contributed by atoms with van der Waals surface area (Å²) >= 11 is 0. The van der Waals surface area contributed by atoms with Crippen molar-refractivity contribution >= 4 is 17.6 Å². The lowest BCUT2D eigenvalue weighted by atomic mass is 9.97. The lowest BCUT2D eigenvalue weighted by Crippen LogP contribution is -2.47. The van der Waals surface area contributed by atoms with Crippen LogP contribution in [0.25, 0.3) is 5.65 Å². The van der Waals surface area contributed by atoms with Crippen LogP contribution in [0.2, 0.25) is 0 Å². The van der Waals surface area contributed by atoms with Crippen molar-refractivity contribution in [1.29, 1.82) is 0 Å². The number of urea groups is 1. The second kappa shape index (κ2) is 7.83. The number of nitrogens with one attached hydrogen (secondary N) is 3. The average molecular weight is 341 g/mol. The summed E-state index contributed by atoms with van der Waals surface area (Å²) in [6.45, 7) is 2.32. The Hall–Kier alpha value is -2.83. The molecule has 2 aromatic rings. The van der Waals surface area contributed by atoms with Crippen molar-refractivity contribution in [2.24, 2.45) is 0 Å². The summed E-state index contributed by atoms with van der Waals surface area (Å²) < 4.78 is 1.69. The molecule has 1 aliphatic rings. The highest BCUT2D eigenvalue weighted by Gasteiger charge is 2.16. The van der Waals surface area contributed by atoms with Gasteiger partial charge in [0.05, 0.1) is 5.69 Å². The minimum atomic E-state index is -0.420. The Kier molecular flexibility index (Phi) is 5.33. The number of carbonyl (C=O) groups is 2. The molecule has 0 fully saturated rings. The first-order valence-electron chi connectivity index (χ1n) is 8.61. The fourth-order valence-corrected chi connectivity index (χ4v) is 3.07. The van der Waals surface area contributed by atoms with Gasteiger partial charge in [-0.2, -0.15) is 0 Å². The molecular weight excluding hydrogens is 318 g/mol. The molecule has 0 radical (unpaired) electrons. The molecule has 25 heavy (non-hydrogen) atoms. The van der Waals surface area contributed by atoms with Gasteiger partial charge in [-0.25, -0.2) is 15.2 Å². The molecule has 0 saturated carbocycles. The summed E-state index contributed by atoms with van der Waals surface area (Å²) in [5, 5.41) is 2.75. The number of amides is 3. The molecule has 0 bridgehead atoms. The van der Waals surface area contributed by atoms with Crippen LogP contribution in [0.1, 0.15) is 48.3 Å². The molecule has 132 valence electrons. The van der Waals surface area contributed by atoms with Crippen molar-refractivity contribution in [2.45, 2.75) is 39.0 Å². The molecule has 0 saturated heterocycles. The predicted molar refractivity (Wildman–Crippen MR) is 95.1 cm³/mol. The molecule has 7 nitrogen and oxygen atoms in total. The summed E-state index contributed by atoms with van der Waals surface area (Å²) in [7, 11) is 0. The number of rotatable bonds is 4. The average Bonchev–Trinajstić information content (AvgIpc) is 2.96. The number of fused-ring (bicyclic) bond motifs is 1. The van der Waals surface area contributed by atoms with Crippen LogP contribution < -0.4 is 16.2 Å². The van der Waals surface area contributed by atoms with Gasteiger partial charge in [-0.05, 0) is 51.2 Å². The van der Waals surface area contributed by atoms with Gasteiger partial charge in [0, 0.05) is 12.7 Å². The van der Waals surface area contributed by atoms with Crippen LogP contribution >= 0.6 is 0 Å². The number of pyridine rings is 1. The summed E-state index contributed by atoms with van der Waals surface area (Å²) in [6, 6.07) is 5.09. The number of hydrogen-bond donors (Lipinski definition) is 3.